The largest absolute Gasteiger partial charge is 0.271 e. The normalized spacial score (nSPS) is 36.7. The highest BCUT2D eigenvalue weighted by Crippen LogP contribution is 2.65. The van der Waals surface area contributed by atoms with Crippen LogP contribution in [0.3, 0.4) is 0 Å². The fraction of sp³-hybridized carbons (Fsp3) is 0.900. The van der Waals surface area contributed by atoms with E-state index in [2.05, 4.69) is 50.3 Å². The molecule has 104 valence electrons. The third kappa shape index (κ3) is 2.05. The van der Waals surface area contributed by atoms with E-state index in [-0.39, 0.29) is 15.7 Å². The number of alkyl halides is 2. The van der Waals surface area contributed by atoms with Crippen LogP contribution in [0.4, 0.5) is 0 Å². The molecule has 0 N–H and O–H groups in total. The Morgan fingerprint density at radius 3 is 2.39 bits per heavy atom. The fourth-order valence-electron chi connectivity index (χ4n) is 2.18. The summed E-state index contributed by atoms with van der Waals surface area (Å²) in [6.45, 7) is 8.19. The molecule has 0 amide bonds. The van der Waals surface area contributed by atoms with Gasteiger partial charge in [0.05, 0.1) is 10.5 Å². The topological polar surface area (TPSA) is 37.1 Å². The maximum Gasteiger partial charge on any atom is 0.271 e. The molecule has 2 aliphatic heterocycles. The minimum absolute atomic E-state index is 0.0989. The van der Waals surface area contributed by atoms with Crippen LogP contribution in [0.5, 0.6) is 0 Å². The van der Waals surface area contributed by atoms with Gasteiger partial charge in [-0.1, -0.05) is 31.9 Å². The van der Waals surface area contributed by atoms with Crippen LogP contribution in [0.15, 0.2) is 0 Å². The van der Waals surface area contributed by atoms with Crippen LogP contribution in [0.25, 0.3) is 0 Å². The Morgan fingerprint density at radius 2 is 1.94 bits per heavy atom. The molecular formula is C10H16Br2NO2S3+. The zero-order valence-corrected chi connectivity index (χ0v) is 16.1. The Balaban J connectivity index is 2.44. The van der Waals surface area contributed by atoms with Crippen LogP contribution in [0.2, 0.25) is 0 Å². The first-order chi connectivity index (χ1) is 8.19. The first kappa shape index (κ1) is 15.7. The summed E-state index contributed by atoms with van der Waals surface area (Å²) >= 11 is 10.2. The van der Waals surface area contributed by atoms with Crippen molar-refractivity contribution >= 4 is 69.6 Å². The predicted octanol–water partition coefficient (Wildman–Crippen LogP) is 2.87. The molecule has 0 saturated carbocycles. The molecule has 8 heteroatoms. The average molecular weight is 438 g/mol. The monoisotopic (exact) mass is 436 g/mol. The summed E-state index contributed by atoms with van der Waals surface area (Å²) < 4.78 is 26.5. The molecule has 2 rings (SSSR count). The molecule has 2 unspecified atom stereocenters. The zero-order chi connectivity index (χ0) is 13.8. The molecular weight excluding hydrogens is 422 g/mol. The van der Waals surface area contributed by atoms with E-state index < -0.39 is 12.4 Å². The highest BCUT2D eigenvalue weighted by molar-refractivity contribution is 9.28. The van der Waals surface area contributed by atoms with Crippen molar-refractivity contribution in [1.29, 1.82) is 0 Å². The SMILES string of the molecule is CC[N+](CC)=C1SC2CS(=O)(=O)C(Br)(Br)C2(C)S1. The lowest BCUT2D eigenvalue weighted by molar-refractivity contribution is -0.515. The molecule has 0 aliphatic carbocycles. The highest BCUT2D eigenvalue weighted by atomic mass is 79.9. The van der Waals surface area contributed by atoms with Crippen LogP contribution in [-0.2, 0) is 9.84 Å². The molecule has 2 atom stereocenters. The number of fused-ring (bicyclic) bond motifs is 1. The van der Waals surface area contributed by atoms with Crippen molar-refractivity contribution in [3.8, 4) is 0 Å². The van der Waals surface area contributed by atoms with Gasteiger partial charge in [0.25, 0.3) is 4.38 Å². The van der Waals surface area contributed by atoms with Gasteiger partial charge in [0.1, 0.15) is 13.1 Å². The van der Waals surface area contributed by atoms with Crippen LogP contribution in [0.1, 0.15) is 20.8 Å². The Kier molecular flexibility index (Phi) is 4.29. The summed E-state index contributed by atoms with van der Waals surface area (Å²) in [5.41, 5.74) is 0. The Labute approximate surface area is 134 Å². The van der Waals surface area contributed by atoms with Crippen molar-refractivity contribution in [3.05, 3.63) is 0 Å². The van der Waals surface area contributed by atoms with Gasteiger partial charge in [-0.15, -0.1) is 0 Å². The van der Waals surface area contributed by atoms with Gasteiger partial charge in [-0.05, 0) is 44.3 Å². The van der Waals surface area contributed by atoms with Gasteiger partial charge in [0, 0.05) is 5.25 Å². The molecule has 0 aromatic rings. The van der Waals surface area contributed by atoms with Gasteiger partial charge >= 0.3 is 0 Å². The van der Waals surface area contributed by atoms with Gasteiger partial charge in [-0.3, -0.25) is 0 Å². The van der Waals surface area contributed by atoms with Crippen molar-refractivity contribution in [3.63, 3.8) is 0 Å². The lowest BCUT2D eigenvalue weighted by Gasteiger charge is -2.29. The second kappa shape index (κ2) is 4.93. The fourth-order valence-corrected chi connectivity index (χ4v) is 11.0. The van der Waals surface area contributed by atoms with E-state index in [1.807, 2.05) is 6.92 Å². The van der Waals surface area contributed by atoms with E-state index in [1.165, 1.54) is 4.38 Å². The maximum absolute atomic E-state index is 12.2. The molecule has 2 heterocycles. The van der Waals surface area contributed by atoms with Crippen molar-refractivity contribution in [2.45, 2.75) is 33.3 Å². The molecule has 3 nitrogen and oxygen atoms in total. The summed E-state index contributed by atoms with van der Waals surface area (Å²) in [6.07, 6.45) is 0. The van der Waals surface area contributed by atoms with Crippen molar-refractivity contribution in [1.82, 2.24) is 0 Å². The summed E-state index contributed by atoms with van der Waals surface area (Å²) in [5.74, 6) is 0.225. The molecule has 0 radical (unpaired) electrons. The summed E-state index contributed by atoms with van der Waals surface area (Å²) in [4.78, 5) is 0. The standard InChI is InChI=1S/C10H16Br2NO2S3/c1-4-13(5-2)8-16-7-6-18(14,15)10(11,12)9(7,3)17-8/h7H,4-6H2,1-3H3/q+1. The molecule has 0 aromatic heterocycles. The lowest BCUT2D eigenvalue weighted by Crippen LogP contribution is -2.41. The van der Waals surface area contributed by atoms with Gasteiger partial charge < -0.3 is 0 Å². The van der Waals surface area contributed by atoms with Crippen molar-refractivity contribution in [2.75, 3.05) is 18.8 Å². The number of nitrogens with zero attached hydrogens (tertiary/aromatic N) is 1. The third-order valence-electron chi connectivity index (χ3n) is 3.52. The molecule has 0 spiro atoms. The van der Waals surface area contributed by atoms with E-state index in [1.54, 1.807) is 23.5 Å². The third-order valence-corrected chi connectivity index (χ3v) is 14.5. The van der Waals surface area contributed by atoms with E-state index in [0.29, 0.717) is 0 Å². The maximum atomic E-state index is 12.2. The smallest absolute Gasteiger partial charge is 0.226 e. The Morgan fingerprint density at radius 1 is 1.39 bits per heavy atom. The second-order valence-corrected chi connectivity index (χ2v) is 14.1. The van der Waals surface area contributed by atoms with E-state index >= 15 is 0 Å². The van der Waals surface area contributed by atoms with Crippen LogP contribution < -0.4 is 0 Å². The van der Waals surface area contributed by atoms with Gasteiger partial charge in [-0.25, -0.2) is 13.0 Å². The Bertz CT molecular complexity index is 497. The number of halogens is 2. The minimum atomic E-state index is -3.14. The summed E-state index contributed by atoms with van der Waals surface area (Å²) in [5, 5.41) is 0.0989. The molecule has 0 bridgehead atoms. The average Bonchev–Trinajstić information content (AvgIpc) is 2.63. The zero-order valence-electron chi connectivity index (χ0n) is 10.4. The lowest BCUT2D eigenvalue weighted by atomic mass is 10.1. The molecule has 2 saturated heterocycles. The number of thioether (sulfide) groups is 2. The molecule has 18 heavy (non-hydrogen) atoms. The second-order valence-electron chi connectivity index (χ2n) is 4.55. The van der Waals surface area contributed by atoms with Gasteiger partial charge in [-0.2, -0.15) is 0 Å². The summed E-state index contributed by atoms with van der Waals surface area (Å²) in [7, 11) is -3.14. The number of hydrogen-bond donors (Lipinski definition) is 0. The van der Waals surface area contributed by atoms with Gasteiger partial charge in [0.2, 0.25) is 0 Å². The molecule has 0 aromatic carbocycles. The summed E-state index contributed by atoms with van der Waals surface area (Å²) in [6, 6.07) is 0. The van der Waals surface area contributed by atoms with E-state index in [9.17, 15) is 8.42 Å². The van der Waals surface area contributed by atoms with Crippen LogP contribution in [-0.4, -0.2) is 48.8 Å². The number of hydrogen-bond acceptors (Lipinski definition) is 4. The Hall–Kier alpha value is 1.28. The minimum Gasteiger partial charge on any atom is -0.226 e. The molecule has 2 aliphatic rings. The quantitative estimate of drug-likeness (QED) is 0.491. The van der Waals surface area contributed by atoms with E-state index in [0.717, 1.165) is 13.1 Å². The predicted molar refractivity (Wildman–Crippen MR) is 88.1 cm³/mol. The number of sulfone groups is 1. The van der Waals surface area contributed by atoms with E-state index in [4.69, 9.17) is 0 Å². The van der Waals surface area contributed by atoms with Crippen LogP contribution in [0, 0.1) is 0 Å². The van der Waals surface area contributed by atoms with Crippen molar-refractivity contribution < 1.29 is 13.0 Å². The van der Waals surface area contributed by atoms with Crippen LogP contribution >= 0.6 is 55.4 Å². The first-order valence-electron chi connectivity index (χ1n) is 5.77. The first-order valence-corrected chi connectivity index (χ1v) is 10.7. The highest BCUT2D eigenvalue weighted by Gasteiger charge is 2.70. The van der Waals surface area contributed by atoms with Crippen molar-refractivity contribution in [2.24, 2.45) is 0 Å². The number of rotatable bonds is 2. The molecule has 2 fully saturated rings. The van der Waals surface area contributed by atoms with Gasteiger partial charge in [0.15, 0.2) is 12.4 Å².